The summed E-state index contributed by atoms with van der Waals surface area (Å²) < 4.78 is 38.5. The van der Waals surface area contributed by atoms with E-state index in [1.54, 1.807) is 26.8 Å². The van der Waals surface area contributed by atoms with E-state index in [9.17, 15) is 18.0 Å². The highest BCUT2D eigenvalue weighted by atomic mass is 19.4. The second kappa shape index (κ2) is 5.85. The molecule has 0 saturated carbocycles. The monoisotopic (exact) mass is 288 g/mol. The van der Waals surface area contributed by atoms with Crippen molar-refractivity contribution >= 4 is 5.97 Å². The van der Waals surface area contributed by atoms with Gasteiger partial charge in [-0.3, -0.25) is 4.79 Å². The van der Waals surface area contributed by atoms with Crippen molar-refractivity contribution in [3.63, 3.8) is 0 Å². The summed E-state index contributed by atoms with van der Waals surface area (Å²) in [6.07, 6.45) is -3.64. The van der Waals surface area contributed by atoms with Gasteiger partial charge in [0.1, 0.15) is 0 Å². The Morgan fingerprint density at radius 3 is 2.15 bits per heavy atom. The third kappa shape index (κ3) is 4.87. The maximum atomic E-state index is 12.8. The molecule has 2 nitrogen and oxygen atoms in total. The second-order valence-corrected chi connectivity index (χ2v) is 5.80. The van der Waals surface area contributed by atoms with E-state index in [4.69, 9.17) is 5.11 Å². The summed E-state index contributed by atoms with van der Waals surface area (Å²) in [4.78, 5) is 10.8. The lowest BCUT2D eigenvalue weighted by Gasteiger charge is -2.23. The van der Waals surface area contributed by atoms with Gasteiger partial charge in [0.15, 0.2) is 0 Å². The van der Waals surface area contributed by atoms with E-state index in [2.05, 4.69) is 0 Å². The third-order valence-electron chi connectivity index (χ3n) is 3.10. The lowest BCUT2D eigenvalue weighted by Crippen LogP contribution is -2.20. The number of carbonyl (C=O) groups is 1. The summed E-state index contributed by atoms with van der Waals surface area (Å²) in [6, 6.07) is 3.98. The molecule has 0 aromatic heterocycles. The third-order valence-corrected chi connectivity index (χ3v) is 3.10. The van der Waals surface area contributed by atoms with Crippen molar-refractivity contribution in [1.29, 1.82) is 0 Å². The minimum absolute atomic E-state index is 0.0787. The molecule has 1 N–H and O–H groups in total. The maximum Gasteiger partial charge on any atom is 0.416 e. The number of alkyl halides is 3. The highest BCUT2D eigenvalue weighted by molar-refractivity contribution is 5.67. The van der Waals surface area contributed by atoms with E-state index in [1.165, 1.54) is 0 Å². The largest absolute Gasteiger partial charge is 0.481 e. The standard InChI is InChI=1S/C15H19F3O2/c1-4-10-5-11(7-12(6-10)15(16,17)18)8-14(2,3)9-13(19)20/h5-7H,4,8-9H2,1-3H3,(H,19,20). The predicted molar refractivity (Wildman–Crippen MR) is 70.6 cm³/mol. The molecule has 0 amide bonds. The van der Waals surface area contributed by atoms with Crippen molar-refractivity contribution < 1.29 is 23.1 Å². The molecule has 0 aliphatic carbocycles. The van der Waals surface area contributed by atoms with Crippen LogP contribution in [0.5, 0.6) is 0 Å². The zero-order chi connectivity index (χ0) is 15.6. The Hall–Kier alpha value is -1.52. The fraction of sp³-hybridized carbons (Fsp3) is 0.533. The Balaban J connectivity index is 3.09. The van der Waals surface area contributed by atoms with Crippen LogP contribution in [0.1, 0.15) is 43.9 Å². The summed E-state index contributed by atoms with van der Waals surface area (Å²) in [5, 5.41) is 8.83. The van der Waals surface area contributed by atoms with E-state index >= 15 is 0 Å². The quantitative estimate of drug-likeness (QED) is 0.876. The van der Waals surface area contributed by atoms with Crippen molar-refractivity contribution in [3.8, 4) is 0 Å². The Labute approximate surface area is 116 Å². The van der Waals surface area contributed by atoms with Crippen LogP contribution < -0.4 is 0 Å². The summed E-state index contributed by atoms with van der Waals surface area (Å²) in [5.41, 5.74) is -0.108. The van der Waals surface area contributed by atoms with Gasteiger partial charge >= 0.3 is 12.1 Å². The molecular formula is C15H19F3O2. The second-order valence-electron chi connectivity index (χ2n) is 5.80. The normalized spacial score (nSPS) is 12.5. The van der Waals surface area contributed by atoms with Crippen molar-refractivity contribution in [2.45, 2.75) is 46.2 Å². The molecule has 5 heteroatoms. The highest BCUT2D eigenvalue weighted by Gasteiger charge is 2.32. The van der Waals surface area contributed by atoms with Crippen molar-refractivity contribution in [2.24, 2.45) is 5.41 Å². The van der Waals surface area contributed by atoms with Crippen LogP contribution in [-0.2, 0) is 23.8 Å². The van der Waals surface area contributed by atoms with Gasteiger partial charge < -0.3 is 5.11 Å². The molecule has 1 aromatic rings. The van der Waals surface area contributed by atoms with E-state index in [-0.39, 0.29) is 6.42 Å². The number of hydrogen-bond acceptors (Lipinski definition) is 1. The van der Waals surface area contributed by atoms with Crippen LogP contribution in [0, 0.1) is 5.41 Å². The molecule has 0 fully saturated rings. The molecule has 0 bridgehead atoms. The van der Waals surface area contributed by atoms with Gasteiger partial charge in [-0.15, -0.1) is 0 Å². The van der Waals surface area contributed by atoms with E-state index in [0.717, 1.165) is 12.1 Å². The molecule has 0 aliphatic rings. The molecule has 0 saturated heterocycles. The van der Waals surface area contributed by atoms with Gasteiger partial charge in [0.05, 0.1) is 12.0 Å². The number of halogens is 3. The number of carboxylic acids is 1. The number of carboxylic acid groups (broad SMARTS) is 1. The predicted octanol–water partition coefficient (Wildman–Crippen LogP) is 4.31. The van der Waals surface area contributed by atoms with Gasteiger partial charge in [0.2, 0.25) is 0 Å². The molecule has 0 heterocycles. The molecule has 0 unspecified atom stereocenters. The first-order valence-corrected chi connectivity index (χ1v) is 6.45. The fourth-order valence-corrected chi connectivity index (χ4v) is 2.26. The van der Waals surface area contributed by atoms with Gasteiger partial charge in [0, 0.05) is 0 Å². The molecule has 1 rings (SSSR count). The molecule has 0 atom stereocenters. The van der Waals surface area contributed by atoms with Gasteiger partial charge in [-0.25, -0.2) is 0 Å². The average molecular weight is 288 g/mol. The van der Waals surface area contributed by atoms with Crippen LogP contribution in [0.25, 0.3) is 0 Å². The lowest BCUT2D eigenvalue weighted by molar-refractivity contribution is -0.139. The van der Waals surface area contributed by atoms with Crippen LogP contribution in [0.3, 0.4) is 0 Å². The first kappa shape index (κ1) is 16.5. The first-order chi connectivity index (χ1) is 9.03. The number of rotatable bonds is 5. The number of aryl methyl sites for hydroxylation is 1. The average Bonchev–Trinajstić information content (AvgIpc) is 2.24. The highest BCUT2D eigenvalue weighted by Crippen LogP contribution is 2.33. The van der Waals surface area contributed by atoms with Crippen molar-refractivity contribution in [2.75, 3.05) is 0 Å². The van der Waals surface area contributed by atoms with E-state index < -0.39 is 23.1 Å². The molecule has 1 aromatic carbocycles. The lowest BCUT2D eigenvalue weighted by atomic mass is 9.82. The van der Waals surface area contributed by atoms with Crippen molar-refractivity contribution in [3.05, 3.63) is 34.9 Å². The van der Waals surface area contributed by atoms with Crippen LogP contribution in [-0.4, -0.2) is 11.1 Å². The summed E-state index contributed by atoms with van der Waals surface area (Å²) in [5.74, 6) is -0.947. The van der Waals surface area contributed by atoms with E-state index in [0.29, 0.717) is 24.0 Å². The van der Waals surface area contributed by atoms with Crippen LogP contribution in [0.2, 0.25) is 0 Å². The molecular weight excluding hydrogens is 269 g/mol. The Morgan fingerprint density at radius 2 is 1.70 bits per heavy atom. The number of aliphatic carboxylic acids is 1. The summed E-state index contributed by atoms with van der Waals surface area (Å²) >= 11 is 0. The summed E-state index contributed by atoms with van der Waals surface area (Å²) in [7, 11) is 0. The maximum absolute atomic E-state index is 12.8. The van der Waals surface area contributed by atoms with Gasteiger partial charge in [0.25, 0.3) is 0 Å². The number of hydrogen-bond donors (Lipinski definition) is 1. The Bertz CT molecular complexity index is 490. The van der Waals surface area contributed by atoms with Gasteiger partial charge in [-0.1, -0.05) is 26.8 Å². The first-order valence-electron chi connectivity index (χ1n) is 6.45. The SMILES string of the molecule is CCc1cc(CC(C)(C)CC(=O)O)cc(C(F)(F)F)c1. The zero-order valence-corrected chi connectivity index (χ0v) is 11.8. The minimum Gasteiger partial charge on any atom is -0.481 e. The Kier molecular flexibility index (Phi) is 4.84. The van der Waals surface area contributed by atoms with Crippen LogP contribution in [0.15, 0.2) is 18.2 Å². The van der Waals surface area contributed by atoms with Gasteiger partial charge in [-0.05, 0) is 41.5 Å². The number of benzene rings is 1. The molecule has 0 radical (unpaired) electrons. The van der Waals surface area contributed by atoms with Crippen molar-refractivity contribution in [1.82, 2.24) is 0 Å². The Morgan fingerprint density at radius 1 is 1.15 bits per heavy atom. The van der Waals surface area contributed by atoms with Gasteiger partial charge in [-0.2, -0.15) is 13.2 Å². The molecule has 20 heavy (non-hydrogen) atoms. The smallest absolute Gasteiger partial charge is 0.416 e. The minimum atomic E-state index is -4.38. The fourth-order valence-electron chi connectivity index (χ4n) is 2.26. The van der Waals surface area contributed by atoms with Crippen LogP contribution >= 0.6 is 0 Å². The topological polar surface area (TPSA) is 37.3 Å². The molecule has 0 aliphatic heterocycles. The van der Waals surface area contributed by atoms with Crippen LogP contribution in [0.4, 0.5) is 13.2 Å². The molecule has 112 valence electrons. The molecule has 0 spiro atoms. The zero-order valence-electron chi connectivity index (χ0n) is 11.8. The summed E-state index contributed by atoms with van der Waals surface area (Å²) in [6.45, 7) is 5.28. The van der Waals surface area contributed by atoms with E-state index in [1.807, 2.05) is 0 Å².